The van der Waals surface area contributed by atoms with Gasteiger partial charge in [0.25, 0.3) is 0 Å². The maximum absolute atomic E-state index is 12.6. The zero-order valence-electron chi connectivity index (χ0n) is 15.2. The zero-order chi connectivity index (χ0) is 17.6. The lowest BCUT2D eigenvalue weighted by Gasteiger charge is -2.25. The number of carbonyl (C=O) groups is 1. The first-order valence-electron chi connectivity index (χ1n) is 9.01. The second-order valence-corrected chi connectivity index (χ2v) is 6.66. The Balaban J connectivity index is 1.63. The summed E-state index contributed by atoms with van der Waals surface area (Å²) in [6.45, 7) is 5.48. The number of ether oxygens (including phenoxy) is 3. The molecule has 3 rings (SSSR count). The lowest BCUT2D eigenvalue weighted by atomic mass is 10.1. The van der Waals surface area contributed by atoms with Crippen molar-refractivity contribution in [1.29, 1.82) is 0 Å². The van der Waals surface area contributed by atoms with Crippen molar-refractivity contribution in [1.82, 2.24) is 9.80 Å². The third-order valence-electron chi connectivity index (χ3n) is 5.09. The van der Waals surface area contributed by atoms with E-state index in [0.29, 0.717) is 13.2 Å². The van der Waals surface area contributed by atoms with Crippen LogP contribution < -0.4 is 9.47 Å². The van der Waals surface area contributed by atoms with E-state index < -0.39 is 0 Å². The molecule has 2 aliphatic heterocycles. The number of hydrogen-bond acceptors (Lipinski definition) is 5. The Hall–Kier alpha value is -1.79. The molecule has 1 amide bonds. The molecule has 1 aromatic rings. The van der Waals surface area contributed by atoms with Crippen molar-refractivity contribution in [3.05, 3.63) is 23.8 Å². The van der Waals surface area contributed by atoms with Crippen LogP contribution in [0.4, 0.5) is 0 Å². The number of hydrogen-bond donors (Lipinski definition) is 0. The summed E-state index contributed by atoms with van der Waals surface area (Å²) in [5, 5.41) is 0. The first kappa shape index (κ1) is 18.0. The van der Waals surface area contributed by atoms with E-state index in [4.69, 9.17) is 14.2 Å². The highest BCUT2D eigenvalue weighted by Crippen LogP contribution is 2.30. The number of nitrogens with zero attached hydrogens (tertiary/aromatic N) is 2. The number of carbonyl (C=O) groups excluding carboxylic acids is 1. The molecular formula is C19H28N2O4. The molecule has 6 heteroatoms. The first-order chi connectivity index (χ1) is 12.2. The minimum atomic E-state index is 0.0564. The Kier molecular flexibility index (Phi) is 6.15. The Morgan fingerprint density at radius 3 is 2.56 bits per heavy atom. The molecule has 0 aromatic heterocycles. The molecule has 2 saturated heterocycles. The topological polar surface area (TPSA) is 51.2 Å². The van der Waals surface area contributed by atoms with Gasteiger partial charge in [-0.15, -0.1) is 0 Å². The lowest BCUT2D eigenvalue weighted by Crippen LogP contribution is -2.39. The Bertz CT molecular complexity index is 565. The van der Waals surface area contributed by atoms with Gasteiger partial charge in [-0.2, -0.15) is 0 Å². The van der Waals surface area contributed by atoms with Gasteiger partial charge in [-0.05, 0) is 25.0 Å². The highest BCUT2D eigenvalue weighted by molar-refractivity contribution is 5.79. The normalized spacial score (nSPS) is 21.8. The highest BCUT2D eigenvalue weighted by atomic mass is 16.5. The van der Waals surface area contributed by atoms with Gasteiger partial charge in [-0.3, -0.25) is 9.69 Å². The van der Waals surface area contributed by atoms with Crippen molar-refractivity contribution >= 4 is 5.91 Å². The second kappa shape index (κ2) is 8.54. The summed E-state index contributed by atoms with van der Waals surface area (Å²) >= 11 is 0. The van der Waals surface area contributed by atoms with Crippen LogP contribution in [0.15, 0.2) is 18.2 Å². The van der Waals surface area contributed by atoms with E-state index in [1.807, 2.05) is 23.1 Å². The summed E-state index contributed by atoms with van der Waals surface area (Å²) in [5.74, 6) is 2.01. The fraction of sp³-hybridized carbons (Fsp3) is 0.632. The number of benzene rings is 1. The molecule has 25 heavy (non-hydrogen) atoms. The van der Waals surface area contributed by atoms with Crippen molar-refractivity contribution in [2.75, 3.05) is 53.6 Å². The minimum Gasteiger partial charge on any atom is -0.496 e. The first-order valence-corrected chi connectivity index (χ1v) is 9.01. The Labute approximate surface area is 149 Å². The van der Waals surface area contributed by atoms with Gasteiger partial charge in [-0.1, -0.05) is 6.07 Å². The summed E-state index contributed by atoms with van der Waals surface area (Å²) in [7, 11) is 3.37. The van der Waals surface area contributed by atoms with Crippen LogP contribution in [0.2, 0.25) is 0 Å². The fourth-order valence-corrected chi connectivity index (χ4v) is 3.64. The molecule has 2 heterocycles. The van der Waals surface area contributed by atoms with E-state index in [1.54, 1.807) is 14.2 Å². The van der Waals surface area contributed by atoms with Crippen LogP contribution in [0, 0.1) is 5.92 Å². The SMILES string of the molecule is COc1cccc(OC)c1CN1CCCN(C(=O)C2CCOC2)CC1. The van der Waals surface area contributed by atoms with Crippen LogP contribution in [-0.4, -0.2) is 69.3 Å². The predicted octanol–water partition coefficient (Wildman–Crippen LogP) is 1.77. The summed E-state index contributed by atoms with van der Waals surface area (Å²) in [6.07, 6.45) is 1.84. The molecular weight excluding hydrogens is 320 g/mol. The molecule has 0 N–H and O–H groups in total. The maximum Gasteiger partial charge on any atom is 0.228 e. The molecule has 1 unspecified atom stereocenters. The van der Waals surface area contributed by atoms with Crippen LogP contribution in [-0.2, 0) is 16.1 Å². The van der Waals surface area contributed by atoms with Crippen molar-refractivity contribution in [2.45, 2.75) is 19.4 Å². The highest BCUT2D eigenvalue weighted by Gasteiger charge is 2.29. The fourth-order valence-electron chi connectivity index (χ4n) is 3.64. The quantitative estimate of drug-likeness (QED) is 0.812. The van der Waals surface area contributed by atoms with Crippen LogP contribution >= 0.6 is 0 Å². The molecule has 1 aromatic carbocycles. The van der Waals surface area contributed by atoms with Gasteiger partial charge >= 0.3 is 0 Å². The van der Waals surface area contributed by atoms with E-state index in [-0.39, 0.29) is 11.8 Å². The molecule has 6 nitrogen and oxygen atoms in total. The minimum absolute atomic E-state index is 0.0564. The average molecular weight is 348 g/mol. The molecule has 0 bridgehead atoms. The van der Waals surface area contributed by atoms with Crippen LogP contribution in [0.5, 0.6) is 11.5 Å². The Morgan fingerprint density at radius 2 is 1.92 bits per heavy atom. The van der Waals surface area contributed by atoms with Gasteiger partial charge in [0.15, 0.2) is 0 Å². The van der Waals surface area contributed by atoms with Gasteiger partial charge < -0.3 is 19.1 Å². The third kappa shape index (κ3) is 4.25. The monoisotopic (exact) mass is 348 g/mol. The molecule has 2 aliphatic rings. The molecule has 1 atom stereocenters. The predicted molar refractivity (Wildman–Crippen MR) is 94.9 cm³/mol. The maximum atomic E-state index is 12.6. The van der Waals surface area contributed by atoms with Crippen molar-refractivity contribution in [3.63, 3.8) is 0 Å². The molecule has 0 spiro atoms. The molecule has 0 saturated carbocycles. The zero-order valence-corrected chi connectivity index (χ0v) is 15.2. The van der Waals surface area contributed by atoms with Gasteiger partial charge in [0.1, 0.15) is 11.5 Å². The van der Waals surface area contributed by atoms with E-state index in [0.717, 1.165) is 62.6 Å². The van der Waals surface area contributed by atoms with E-state index in [1.165, 1.54) is 0 Å². The molecule has 0 aliphatic carbocycles. The summed E-state index contributed by atoms with van der Waals surface area (Å²) < 4.78 is 16.4. The van der Waals surface area contributed by atoms with Crippen molar-refractivity contribution in [2.24, 2.45) is 5.92 Å². The van der Waals surface area contributed by atoms with E-state index in [9.17, 15) is 4.79 Å². The van der Waals surface area contributed by atoms with Gasteiger partial charge in [0.2, 0.25) is 5.91 Å². The van der Waals surface area contributed by atoms with E-state index >= 15 is 0 Å². The van der Waals surface area contributed by atoms with Crippen molar-refractivity contribution in [3.8, 4) is 11.5 Å². The lowest BCUT2D eigenvalue weighted by molar-refractivity contribution is -0.135. The molecule has 138 valence electrons. The summed E-state index contributed by atoms with van der Waals surface area (Å²) in [6, 6.07) is 5.87. The second-order valence-electron chi connectivity index (χ2n) is 6.66. The van der Waals surface area contributed by atoms with Gasteiger partial charge in [0.05, 0.1) is 32.3 Å². The largest absolute Gasteiger partial charge is 0.496 e. The van der Waals surface area contributed by atoms with E-state index in [2.05, 4.69) is 4.90 Å². The molecule has 0 radical (unpaired) electrons. The van der Waals surface area contributed by atoms with Crippen molar-refractivity contribution < 1.29 is 19.0 Å². The molecule has 2 fully saturated rings. The summed E-state index contributed by atoms with van der Waals surface area (Å²) in [4.78, 5) is 17.0. The van der Waals surface area contributed by atoms with Crippen LogP contribution in [0.3, 0.4) is 0 Å². The number of amides is 1. The summed E-state index contributed by atoms with van der Waals surface area (Å²) in [5.41, 5.74) is 1.07. The van der Waals surface area contributed by atoms with Crippen LogP contribution in [0.1, 0.15) is 18.4 Å². The third-order valence-corrected chi connectivity index (χ3v) is 5.09. The van der Waals surface area contributed by atoms with Gasteiger partial charge in [0, 0.05) is 39.3 Å². The number of methoxy groups -OCH3 is 2. The standard InChI is InChI=1S/C19H28N2O4/c1-23-17-5-3-6-18(24-2)16(17)13-20-8-4-9-21(11-10-20)19(22)15-7-12-25-14-15/h3,5-6,15H,4,7-14H2,1-2H3. The van der Waals surface area contributed by atoms with Gasteiger partial charge in [-0.25, -0.2) is 0 Å². The number of rotatable bonds is 5. The Morgan fingerprint density at radius 1 is 1.16 bits per heavy atom. The van der Waals surface area contributed by atoms with Crippen LogP contribution in [0.25, 0.3) is 0 Å². The smallest absolute Gasteiger partial charge is 0.228 e. The average Bonchev–Trinajstić information content (AvgIpc) is 3.08.